The van der Waals surface area contributed by atoms with Gasteiger partial charge in [0.2, 0.25) is 0 Å². The summed E-state index contributed by atoms with van der Waals surface area (Å²) in [4.78, 5) is 40.7. The van der Waals surface area contributed by atoms with Crippen LogP contribution in [0.5, 0.6) is 5.75 Å². The van der Waals surface area contributed by atoms with E-state index in [0.29, 0.717) is 23.9 Å². The van der Waals surface area contributed by atoms with Crippen LogP contribution in [0.1, 0.15) is 35.3 Å². The molecule has 2 amide bonds. The minimum Gasteiger partial charge on any atom is -0.409 e. The molecule has 1 saturated heterocycles. The molecular formula is C28H29N5O3S2. The van der Waals surface area contributed by atoms with Crippen LogP contribution in [0.15, 0.2) is 48.0 Å². The summed E-state index contributed by atoms with van der Waals surface area (Å²) >= 11 is 2.97. The molecule has 1 N–H and O–H groups in total. The molecule has 8 nitrogen and oxygen atoms in total. The van der Waals surface area contributed by atoms with Gasteiger partial charge in [0.15, 0.2) is 10.9 Å². The van der Waals surface area contributed by atoms with Crippen molar-refractivity contribution in [3.05, 3.63) is 59.2 Å². The van der Waals surface area contributed by atoms with Gasteiger partial charge in [0.25, 0.3) is 5.91 Å². The smallest absolute Gasteiger partial charge is 0.409 e. The van der Waals surface area contributed by atoms with Crippen molar-refractivity contribution >= 4 is 50.0 Å². The van der Waals surface area contributed by atoms with Crippen molar-refractivity contribution in [2.75, 3.05) is 25.5 Å². The zero-order valence-corrected chi connectivity index (χ0v) is 23.1. The van der Waals surface area contributed by atoms with Gasteiger partial charge in [0.05, 0.1) is 26.6 Å². The van der Waals surface area contributed by atoms with Gasteiger partial charge in [-0.3, -0.25) is 4.79 Å². The Morgan fingerprint density at radius 3 is 2.76 bits per heavy atom. The summed E-state index contributed by atoms with van der Waals surface area (Å²) in [5.74, 6) is 0.778. The lowest BCUT2D eigenvalue weighted by Crippen LogP contribution is -2.50. The van der Waals surface area contributed by atoms with Gasteiger partial charge < -0.3 is 19.9 Å². The monoisotopic (exact) mass is 547 g/mol. The molecule has 1 aliphatic carbocycles. The Hall–Kier alpha value is -3.50. The van der Waals surface area contributed by atoms with E-state index in [4.69, 9.17) is 9.72 Å². The maximum atomic E-state index is 14.1. The molecule has 3 atom stereocenters. The number of nitrogens with one attached hydrogen (secondary N) is 1. The highest BCUT2D eigenvalue weighted by atomic mass is 32.1. The normalized spacial score (nSPS) is 20.2. The van der Waals surface area contributed by atoms with E-state index in [1.807, 2.05) is 48.2 Å². The second-order valence-corrected chi connectivity index (χ2v) is 12.0. The third kappa shape index (κ3) is 4.52. The van der Waals surface area contributed by atoms with Crippen LogP contribution in [0.2, 0.25) is 0 Å². The first-order valence-corrected chi connectivity index (χ1v) is 14.4. The number of rotatable bonds is 6. The number of likely N-dealkylation sites (tertiary alicyclic amines) is 1. The minimum atomic E-state index is -0.523. The Morgan fingerprint density at radius 1 is 1.16 bits per heavy atom. The first-order chi connectivity index (χ1) is 18.4. The number of amides is 2. The Labute approximate surface area is 229 Å². The van der Waals surface area contributed by atoms with Gasteiger partial charge in [0.1, 0.15) is 5.69 Å². The Kier molecular flexibility index (Phi) is 6.53. The molecule has 6 rings (SSSR count). The Balaban J connectivity index is 1.23. The van der Waals surface area contributed by atoms with Crippen LogP contribution in [-0.4, -0.2) is 59.6 Å². The number of hydrogen-bond acceptors (Lipinski definition) is 8. The summed E-state index contributed by atoms with van der Waals surface area (Å²) in [6, 6.07) is 13.8. The third-order valence-electron chi connectivity index (χ3n) is 7.47. The first kappa shape index (κ1) is 24.8. The van der Waals surface area contributed by atoms with E-state index in [-0.39, 0.29) is 18.0 Å². The van der Waals surface area contributed by atoms with Crippen LogP contribution < -0.4 is 15.0 Å². The largest absolute Gasteiger partial charge is 0.412 e. The molecule has 0 radical (unpaired) electrons. The van der Waals surface area contributed by atoms with Crippen molar-refractivity contribution in [3.63, 3.8) is 0 Å². The van der Waals surface area contributed by atoms with Gasteiger partial charge in [-0.1, -0.05) is 47.2 Å². The average Bonchev–Trinajstić information content (AvgIpc) is 3.70. The Bertz CT molecular complexity index is 1500. The zero-order chi connectivity index (χ0) is 26.4. The van der Waals surface area contributed by atoms with Crippen molar-refractivity contribution in [1.29, 1.82) is 0 Å². The molecule has 196 valence electrons. The lowest BCUT2D eigenvalue weighted by Gasteiger charge is -2.35. The number of aryl methyl sites for hydroxylation is 1. The van der Waals surface area contributed by atoms with Gasteiger partial charge in [0, 0.05) is 26.7 Å². The Morgan fingerprint density at radius 2 is 1.97 bits per heavy atom. The van der Waals surface area contributed by atoms with Gasteiger partial charge >= 0.3 is 6.09 Å². The summed E-state index contributed by atoms with van der Waals surface area (Å²) in [5.41, 5.74) is 5.18. The number of ether oxygens (including phenoxy) is 1. The summed E-state index contributed by atoms with van der Waals surface area (Å²) in [7, 11) is 3.88. The van der Waals surface area contributed by atoms with Crippen LogP contribution >= 0.6 is 22.7 Å². The SMILES string of the molecule is Cc1ccc(-c2sc(N(C)C)nc2C(=O)N2[C@H]3CC[C@H](C3)[C@@H]2CNC(=O)Oc2cccc3ncsc23)cc1. The number of benzene rings is 2. The second-order valence-electron chi connectivity index (χ2n) is 10.2. The molecule has 2 bridgehead atoms. The number of fused-ring (bicyclic) bond motifs is 3. The molecule has 2 aliphatic rings. The molecule has 2 aromatic carbocycles. The average molecular weight is 548 g/mol. The number of carbonyl (C=O) groups excluding carboxylic acids is 2. The van der Waals surface area contributed by atoms with Gasteiger partial charge in [-0.05, 0) is 49.8 Å². The fraction of sp³-hybridized carbons (Fsp3) is 0.357. The van der Waals surface area contributed by atoms with Crippen molar-refractivity contribution in [3.8, 4) is 16.2 Å². The quantitative estimate of drug-likeness (QED) is 0.339. The molecule has 0 spiro atoms. The highest BCUT2D eigenvalue weighted by Gasteiger charge is 2.49. The van der Waals surface area contributed by atoms with E-state index in [0.717, 1.165) is 45.1 Å². The van der Waals surface area contributed by atoms with Crippen molar-refractivity contribution in [2.45, 2.75) is 38.3 Å². The standard InChI is InChI=1S/C28H29N5O3S2/c1-16-7-9-17(10-8-16)24-23(31-27(38-24)32(2)3)26(34)33-19-12-11-18(13-19)21(33)14-29-28(35)36-22-6-4-5-20-25(22)37-15-30-20/h4-10,15,18-19,21H,11-14H2,1-3H3,(H,29,35)/t18-,19+,21+/m1/s1. The van der Waals surface area contributed by atoms with Crippen LogP contribution in [0, 0.1) is 12.8 Å². The topological polar surface area (TPSA) is 87.7 Å². The van der Waals surface area contributed by atoms with Crippen LogP contribution in [0.3, 0.4) is 0 Å². The van der Waals surface area contributed by atoms with Crippen molar-refractivity contribution in [1.82, 2.24) is 20.2 Å². The molecule has 1 aliphatic heterocycles. The predicted molar refractivity (Wildman–Crippen MR) is 151 cm³/mol. The zero-order valence-electron chi connectivity index (χ0n) is 21.5. The fourth-order valence-corrected chi connectivity index (χ4v) is 7.33. The molecule has 10 heteroatoms. The van der Waals surface area contributed by atoms with E-state index in [1.54, 1.807) is 11.6 Å². The molecule has 1 saturated carbocycles. The van der Waals surface area contributed by atoms with Gasteiger partial charge in [-0.2, -0.15) is 0 Å². The lowest BCUT2D eigenvalue weighted by atomic mass is 9.98. The van der Waals surface area contributed by atoms with Gasteiger partial charge in [-0.15, -0.1) is 11.3 Å². The second kappa shape index (κ2) is 9.99. The van der Waals surface area contributed by atoms with E-state index >= 15 is 0 Å². The molecule has 2 fully saturated rings. The number of piperidine rings is 1. The van der Waals surface area contributed by atoms with Crippen LogP contribution in [0.25, 0.3) is 20.7 Å². The first-order valence-electron chi connectivity index (χ1n) is 12.7. The van der Waals surface area contributed by atoms with E-state index < -0.39 is 6.09 Å². The fourth-order valence-electron chi connectivity index (χ4n) is 5.61. The lowest BCUT2D eigenvalue weighted by molar-refractivity contribution is 0.0586. The van der Waals surface area contributed by atoms with Crippen LogP contribution in [-0.2, 0) is 0 Å². The van der Waals surface area contributed by atoms with E-state index in [2.05, 4.69) is 29.4 Å². The number of nitrogens with zero attached hydrogens (tertiary/aromatic N) is 4. The highest BCUT2D eigenvalue weighted by molar-refractivity contribution is 7.19. The molecule has 3 heterocycles. The predicted octanol–water partition coefficient (Wildman–Crippen LogP) is 5.58. The van der Waals surface area contributed by atoms with Crippen molar-refractivity contribution in [2.24, 2.45) is 5.92 Å². The molecule has 38 heavy (non-hydrogen) atoms. The van der Waals surface area contributed by atoms with Crippen LogP contribution in [0.4, 0.5) is 9.93 Å². The number of hydrogen-bond donors (Lipinski definition) is 1. The molecular weight excluding hydrogens is 518 g/mol. The highest BCUT2D eigenvalue weighted by Crippen LogP contribution is 2.44. The van der Waals surface area contributed by atoms with E-state index in [9.17, 15) is 9.59 Å². The summed E-state index contributed by atoms with van der Waals surface area (Å²) in [6.45, 7) is 2.39. The van der Waals surface area contributed by atoms with E-state index in [1.165, 1.54) is 28.2 Å². The number of carbonyl (C=O) groups is 2. The molecule has 0 unspecified atom stereocenters. The third-order valence-corrected chi connectivity index (χ3v) is 9.60. The summed E-state index contributed by atoms with van der Waals surface area (Å²) < 4.78 is 6.46. The summed E-state index contributed by atoms with van der Waals surface area (Å²) in [5, 5.41) is 3.73. The van der Waals surface area contributed by atoms with Gasteiger partial charge in [-0.25, -0.2) is 14.8 Å². The summed E-state index contributed by atoms with van der Waals surface area (Å²) in [6.07, 6.45) is 2.47. The molecule has 2 aromatic heterocycles. The minimum absolute atomic E-state index is 0.0632. The maximum Gasteiger partial charge on any atom is 0.412 e. The van der Waals surface area contributed by atoms with Crippen molar-refractivity contribution < 1.29 is 14.3 Å². The molecule has 4 aromatic rings. The number of anilines is 1. The number of aromatic nitrogens is 2. The number of thiazole rings is 2. The maximum absolute atomic E-state index is 14.1.